The quantitative estimate of drug-likeness (QED) is 0.730. The van der Waals surface area contributed by atoms with Gasteiger partial charge < -0.3 is 20.9 Å². The minimum atomic E-state index is -1.41. The number of carbonyl (C=O) groups excluding carboxylic acids is 2. The summed E-state index contributed by atoms with van der Waals surface area (Å²) in [4.78, 5) is 22.7. The van der Waals surface area contributed by atoms with Crippen LogP contribution < -0.4 is 20.9 Å². The Hall–Kier alpha value is -2.24. The third kappa shape index (κ3) is 1.97. The van der Waals surface area contributed by atoms with E-state index in [-0.39, 0.29) is 13.2 Å². The highest BCUT2D eigenvalue weighted by Gasteiger charge is 2.38. The van der Waals surface area contributed by atoms with E-state index < -0.39 is 17.2 Å². The van der Waals surface area contributed by atoms with E-state index in [1.807, 2.05) is 0 Å². The highest BCUT2D eigenvalue weighted by molar-refractivity contribution is 6.03. The molecule has 96 valence electrons. The van der Waals surface area contributed by atoms with Gasteiger partial charge in [0.05, 0.1) is 0 Å². The summed E-state index contributed by atoms with van der Waals surface area (Å²) in [6.45, 7) is 1.60. The average Bonchev–Trinajstić information content (AvgIpc) is 2.75. The number of rotatable bonds is 4. The van der Waals surface area contributed by atoms with Crippen LogP contribution in [0, 0.1) is 5.41 Å². The van der Waals surface area contributed by atoms with Crippen LogP contribution >= 0.6 is 0 Å². The molecule has 0 bridgehead atoms. The summed E-state index contributed by atoms with van der Waals surface area (Å²) in [7, 11) is 0. The normalized spacial score (nSPS) is 13.4. The lowest BCUT2D eigenvalue weighted by Crippen LogP contribution is -2.46. The molecule has 1 heterocycles. The molecule has 0 radical (unpaired) electrons. The Bertz CT molecular complexity index is 499. The summed E-state index contributed by atoms with van der Waals surface area (Å²) in [6.07, 6.45) is 0.133. The SMILES string of the molecule is CC(Cc1ccc2c(c1)OCO2)(C(N)=O)C(N)=O. The summed E-state index contributed by atoms with van der Waals surface area (Å²) in [5.74, 6) is -0.261. The number of hydrogen-bond donors (Lipinski definition) is 2. The minimum absolute atomic E-state index is 0.133. The Morgan fingerprint density at radius 1 is 1.22 bits per heavy atom. The second kappa shape index (κ2) is 4.21. The van der Waals surface area contributed by atoms with Crippen LogP contribution in [0.3, 0.4) is 0 Å². The van der Waals surface area contributed by atoms with Gasteiger partial charge in [0.25, 0.3) is 0 Å². The topological polar surface area (TPSA) is 105 Å². The molecule has 1 aromatic rings. The summed E-state index contributed by atoms with van der Waals surface area (Å²) >= 11 is 0. The minimum Gasteiger partial charge on any atom is -0.454 e. The molecule has 2 amide bonds. The van der Waals surface area contributed by atoms with Gasteiger partial charge in [-0.05, 0) is 31.0 Å². The molecule has 0 saturated heterocycles. The van der Waals surface area contributed by atoms with Crippen molar-refractivity contribution >= 4 is 11.8 Å². The Labute approximate surface area is 104 Å². The van der Waals surface area contributed by atoms with E-state index >= 15 is 0 Å². The molecule has 1 aliphatic rings. The largest absolute Gasteiger partial charge is 0.454 e. The molecule has 0 atom stereocenters. The first-order valence-corrected chi connectivity index (χ1v) is 5.42. The van der Waals surface area contributed by atoms with Gasteiger partial charge in [-0.1, -0.05) is 6.07 Å². The number of benzene rings is 1. The highest BCUT2D eigenvalue weighted by Crippen LogP contribution is 2.34. The van der Waals surface area contributed by atoms with E-state index in [2.05, 4.69) is 0 Å². The first-order valence-electron chi connectivity index (χ1n) is 5.42. The molecule has 2 rings (SSSR count). The molecular weight excluding hydrogens is 236 g/mol. The predicted molar refractivity (Wildman–Crippen MR) is 62.8 cm³/mol. The van der Waals surface area contributed by atoms with Crippen molar-refractivity contribution in [3.05, 3.63) is 23.8 Å². The van der Waals surface area contributed by atoms with Crippen molar-refractivity contribution in [3.63, 3.8) is 0 Å². The van der Waals surface area contributed by atoms with Crippen LogP contribution in [0.4, 0.5) is 0 Å². The average molecular weight is 250 g/mol. The highest BCUT2D eigenvalue weighted by atomic mass is 16.7. The van der Waals surface area contributed by atoms with Crippen molar-refractivity contribution in [2.75, 3.05) is 6.79 Å². The smallest absolute Gasteiger partial charge is 0.233 e. The molecule has 0 fully saturated rings. The van der Waals surface area contributed by atoms with Crippen LogP contribution in [0.1, 0.15) is 12.5 Å². The third-order valence-electron chi connectivity index (χ3n) is 3.08. The fraction of sp³-hybridized carbons (Fsp3) is 0.333. The van der Waals surface area contributed by atoms with Crippen molar-refractivity contribution in [2.24, 2.45) is 16.9 Å². The molecule has 4 N–H and O–H groups in total. The van der Waals surface area contributed by atoms with Crippen molar-refractivity contribution in [2.45, 2.75) is 13.3 Å². The van der Waals surface area contributed by atoms with Gasteiger partial charge in [-0.25, -0.2) is 0 Å². The van der Waals surface area contributed by atoms with E-state index in [0.717, 1.165) is 5.56 Å². The van der Waals surface area contributed by atoms with Crippen LogP contribution in [0.2, 0.25) is 0 Å². The predicted octanol–water partition coefficient (Wildman–Crippen LogP) is -0.0653. The summed E-state index contributed by atoms with van der Waals surface area (Å²) in [6, 6.07) is 5.18. The molecule has 0 unspecified atom stereocenters. The lowest BCUT2D eigenvalue weighted by atomic mass is 9.82. The lowest BCUT2D eigenvalue weighted by molar-refractivity contribution is -0.138. The van der Waals surface area contributed by atoms with Gasteiger partial charge in [-0.15, -0.1) is 0 Å². The monoisotopic (exact) mass is 250 g/mol. The number of hydrogen-bond acceptors (Lipinski definition) is 4. The van der Waals surface area contributed by atoms with Gasteiger partial charge in [-0.2, -0.15) is 0 Å². The van der Waals surface area contributed by atoms with E-state index in [1.165, 1.54) is 6.92 Å². The maximum absolute atomic E-state index is 11.4. The summed E-state index contributed by atoms with van der Waals surface area (Å²) in [5, 5.41) is 0. The van der Waals surface area contributed by atoms with Crippen LogP contribution in [-0.4, -0.2) is 18.6 Å². The van der Waals surface area contributed by atoms with Crippen molar-refractivity contribution in [3.8, 4) is 11.5 Å². The van der Waals surface area contributed by atoms with E-state index in [0.29, 0.717) is 11.5 Å². The number of amides is 2. The zero-order valence-electron chi connectivity index (χ0n) is 9.93. The van der Waals surface area contributed by atoms with Crippen molar-refractivity contribution in [1.82, 2.24) is 0 Å². The van der Waals surface area contributed by atoms with Crippen molar-refractivity contribution in [1.29, 1.82) is 0 Å². The molecule has 1 aromatic carbocycles. The molecule has 1 aliphatic heterocycles. The maximum atomic E-state index is 11.4. The van der Waals surface area contributed by atoms with Crippen LogP contribution in [0.25, 0.3) is 0 Å². The second-order valence-electron chi connectivity index (χ2n) is 4.42. The van der Waals surface area contributed by atoms with E-state index in [1.54, 1.807) is 18.2 Å². The number of ether oxygens (including phenoxy) is 2. The number of nitrogens with two attached hydrogens (primary N) is 2. The molecule has 6 heteroatoms. The maximum Gasteiger partial charge on any atom is 0.233 e. The second-order valence-corrected chi connectivity index (χ2v) is 4.42. The lowest BCUT2D eigenvalue weighted by Gasteiger charge is -2.22. The Balaban J connectivity index is 2.28. The van der Waals surface area contributed by atoms with E-state index in [4.69, 9.17) is 20.9 Å². The van der Waals surface area contributed by atoms with Crippen LogP contribution in [-0.2, 0) is 16.0 Å². The van der Waals surface area contributed by atoms with E-state index in [9.17, 15) is 9.59 Å². The van der Waals surface area contributed by atoms with Gasteiger partial charge in [0, 0.05) is 0 Å². The molecule has 0 aromatic heterocycles. The first kappa shape index (κ1) is 12.2. The van der Waals surface area contributed by atoms with Gasteiger partial charge in [0.15, 0.2) is 11.5 Å². The zero-order valence-corrected chi connectivity index (χ0v) is 9.93. The van der Waals surface area contributed by atoms with Gasteiger partial charge >= 0.3 is 0 Å². The Morgan fingerprint density at radius 2 is 1.83 bits per heavy atom. The molecule has 0 spiro atoms. The molecule has 18 heavy (non-hydrogen) atoms. The fourth-order valence-electron chi connectivity index (χ4n) is 1.75. The number of carbonyl (C=O) groups is 2. The van der Waals surface area contributed by atoms with Gasteiger partial charge in [0.2, 0.25) is 18.6 Å². The number of fused-ring (bicyclic) bond motifs is 1. The molecule has 6 nitrogen and oxygen atoms in total. The van der Waals surface area contributed by atoms with Gasteiger partial charge in [0.1, 0.15) is 5.41 Å². The van der Waals surface area contributed by atoms with Gasteiger partial charge in [-0.3, -0.25) is 9.59 Å². The zero-order chi connectivity index (χ0) is 13.3. The Morgan fingerprint density at radius 3 is 2.44 bits per heavy atom. The summed E-state index contributed by atoms with van der Waals surface area (Å²) < 4.78 is 10.4. The summed E-state index contributed by atoms with van der Waals surface area (Å²) in [5.41, 5.74) is 9.80. The molecule has 0 saturated carbocycles. The van der Waals surface area contributed by atoms with Crippen LogP contribution in [0.15, 0.2) is 18.2 Å². The Kier molecular flexibility index (Phi) is 2.86. The first-order chi connectivity index (χ1) is 8.43. The molecule has 0 aliphatic carbocycles. The standard InChI is InChI=1S/C12H14N2O4/c1-12(10(13)15,11(14)16)5-7-2-3-8-9(4-7)18-6-17-8/h2-4H,5-6H2,1H3,(H2,13,15)(H2,14,16). The van der Waals surface area contributed by atoms with Crippen molar-refractivity contribution < 1.29 is 19.1 Å². The molecular formula is C12H14N2O4. The fourth-order valence-corrected chi connectivity index (χ4v) is 1.75. The third-order valence-corrected chi connectivity index (χ3v) is 3.08. The number of primary amides is 2. The van der Waals surface area contributed by atoms with Crippen LogP contribution in [0.5, 0.6) is 11.5 Å².